The van der Waals surface area contributed by atoms with E-state index >= 15 is 0 Å². The van der Waals surface area contributed by atoms with Gasteiger partial charge in [0.2, 0.25) is 0 Å². The van der Waals surface area contributed by atoms with Crippen molar-refractivity contribution in [3.63, 3.8) is 0 Å². The standard InChI is InChI=1S/C18H27N3/c1-4-13(2)18(21-11-9-19-10-12-21)17-14(3)20-16-8-6-5-7-15(16)17/h5-8,13,18-20H,4,9-12H2,1-3H3/t13?,18-/m0/s1. The molecule has 2 atom stereocenters. The molecule has 2 N–H and O–H groups in total. The zero-order chi connectivity index (χ0) is 14.8. The van der Waals surface area contributed by atoms with E-state index in [-0.39, 0.29) is 0 Å². The molecule has 1 fully saturated rings. The maximum atomic E-state index is 3.58. The smallest absolute Gasteiger partial charge is 0.0459 e. The average molecular weight is 285 g/mol. The van der Waals surface area contributed by atoms with Gasteiger partial charge in [0, 0.05) is 48.8 Å². The van der Waals surface area contributed by atoms with Crippen LogP contribution in [0.2, 0.25) is 0 Å². The van der Waals surface area contributed by atoms with Crippen LogP contribution in [0.25, 0.3) is 10.9 Å². The Kier molecular flexibility index (Phi) is 4.32. The van der Waals surface area contributed by atoms with Gasteiger partial charge < -0.3 is 10.3 Å². The largest absolute Gasteiger partial charge is 0.358 e. The third-order valence-electron chi connectivity index (χ3n) is 4.97. The van der Waals surface area contributed by atoms with Gasteiger partial charge in [-0.25, -0.2) is 0 Å². The zero-order valence-electron chi connectivity index (χ0n) is 13.4. The summed E-state index contributed by atoms with van der Waals surface area (Å²) >= 11 is 0. The maximum Gasteiger partial charge on any atom is 0.0459 e. The molecule has 0 radical (unpaired) electrons. The van der Waals surface area contributed by atoms with Gasteiger partial charge in [0.1, 0.15) is 0 Å². The molecule has 0 bridgehead atoms. The van der Waals surface area contributed by atoms with Crippen LogP contribution in [0.4, 0.5) is 0 Å². The van der Waals surface area contributed by atoms with Crippen LogP contribution in [-0.4, -0.2) is 36.1 Å². The summed E-state index contributed by atoms with van der Waals surface area (Å²) in [7, 11) is 0. The number of H-pyrrole nitrogens is 1. The summed E-state index contributed by atoms with van der Waals surface area (Å²) in [6.07, 6.45) is 1.22. The maximum absolute atomic E-state index is 3.58. The highest BCUT2D eigenvalue weighted by Gasteiger charge is 2.29. The Labute approximate surface area is 127 Å². The van der Waals surface area contributed by atoms with Gasteiger partial charge in [-0.15, -0.1) is 0 Å². The number of aromatic amines is 1. The lowest BCUT2D eigenvalue weighted by atomic mass is 9.89. The molecule has 21 heavy (non-hydrogen) atoms. The minimum Gasteiger partial charge on any atom is -0.358 e. The molecule has 0 aliphatic carbocycles. The van der Waals surface area contributed by atoms with Gasteiger partial charge in [-0.1, -0.05) is 38.5 Å². The Morgan fingerprint density at radius 1 is 1.19 bits per heavy atom. The molecule has 3 nitrogen and oxygen atoms in total. The van der Waals surface area contributed by atoms with Crippen LogP contribution in [-0.2, 0) is 0 Å². The number of hydrogen-bond acceptors (Lipinski definition) is 2. The fourth-order valence-electron chi connectivity index (χ4n) is 3.69. The van der Waals surface area contributed by atoms with E-state index in [0.717, 1.165) is 26.2 Å². The van der Waals surface area contributed by atoms with E-state index in [1.54, 1.807) is 0 Å². The summed E-state index contributed by atoms with van der Waals surface area (Å²) in [5, 5.41) is 4.88. The SMILES string of the molecule is CCC(C)[C@@H](c1c(C)[nH]c2ccccc12)N1CCNCC1. The molecular weight excluding hydrogens is 258 g/mol. The highest BCUT2D eigenvalue weighted by Crippen LogP contribution is 2.37. The summed E-state index contributed by atoms with van der Waals surface area (Å²) in [5.74, 6) is 0.668. The van der Waals surface area contributed by atoms with Crippen molar-refractivity contribution in [1.29, 1.82) is 0 Å². The molecule has 114 valence electrons. The number of para-hydroxylation sites is 1. The first kappa shape index (κ1) is 14.6. The summed E-state index contributed by atoms with van der Waals surface area (Å²) < 4.78 is 0. The van der Waals surface area contributed by atoms with Crippen LogP contribution in [0.5, 0.6) is 0 Å². The molecule has 3 rings (SSSR count). The van der Waals surface area contributed by atoms with E-state index in [2.05, 4.69) is 60.2 Å². The highest BCUT2D eigenvalue weighted by molar-refractivity contribution is 5.85. The lowest BCUT2D eigenvalue weighted by molar-refractivity contribution is 0.129. The number of benzene rings is 1. The molecule has 1 aromatic heterocycles. The summed E-state index contributed by atoms with van der Waals surface area (Å²) in [4.78, 5) is 6.26. The van der Waals surface area contributed by atoms with Gasteiger partial charge in [0.15, 0.2) is 0 Å². The Balaban J connectivity index is 2.07. The fraction of sp³-hybridized carbons (Fsp3) is 0.556. The lowest BCUT2D eigenvalue weighted by Gasteiger charge is -2.38. The van der Waals surface area contributed by atoms with E-state index in [4.69, 9.17) is 0 Å². The van der Waals surface area contributed by atoms with E-state index in [1.165, 1.54) is 28.6 Å². The van der Waals surface area contributed by atoms with Gasteiger partial charge in [-0.05, 0) is 24.5 Å². The Bertz CT molecular complexity index is 596. The second-order valence-electron chi connectivity index (χ2n) is 6.33. The van der Waals surface area contributed by atoms with Crippen molar-refractivity contribution in [2.24, 2.45) is 5.92 Å². The average Bonchev–Trinajstić information content (AvgIpc) is 2.85. The molecule has 0 amide bonds. The molecule has 1 aromatic carbocycles. The molecule has 2 heterocycles. The number of nitrogens with zero attached hydrogens (tertiary/aromatic N) is 1. The summed E-state index contributed by atoms with van der Waals surface area (Å²) in [5.41, 5.74) is 4.12. The number of aryl methyl sites for hydroxylation is 1. The van der Waals surface area contributed by atoms with Gasteiger partial charge in [0.25, 0.3) is 0 Å². The number of aromatic nitrogens is 1. The first-order valence-corrected chi connectivity index (χ1v) is 8.24. The van der Waals surface area contributed by atoms with Gasteiger partial charge in [0.05, 0.1) is 0 Å². The van der Waals surface area contributed by atoms with Crippen LogP contribution in [0, 0.1) is 12.8 Å². The lowest BCUT2D eigenvalue weighted by Crippen LogP contribution is -2.46. The Morgan fingerprint density at radius 3 is 2.62 bits per heavy atom. The predicted molar refractivity (Wildman–Crippen MR) is 89.7 cm³/mol. The highest BCUT2D eigenvalue weighted by atomic mass is 15.2. The molecule has 1 aliphatic heterocycles. The Hall–Kier alpha value is -1.32. The zero-order valence-corrected chi connectivity index (χ0v) is 13.4. The number of nitrogens with one attached hydrogen (secondary N) is 2. The molecule has 0 saturated carbocycles. The molecule has 1 unspecified atom stereocenters. The van der Waals surface area contributed by atoms with Crippen molar-refractivity contribution in [3.8, 4) is 0 Å². The van der Waals surface area contributed by atoms with Crippen LogP contribution in [0.15, 0.2) is 24.3 Å². The quantitative estimate of drug-likeness (QED) is 0.901. The minimum absolute atomic E-state index is 0.522. The van der Waals surface area contributed by atoms with Crippen LogP contribution in [0.3, 0.4) is 0 Å². The monoisotopic (exact) mass is 285 g/mol. The third kappa shape index (κ3) is 2.72. The molecule has 3 heteroatoms. The second-order valence-corrected chi connectivity index (χ2v) is 6.33. The van der Waals surface area contributed by atoms with Crippen LogP contribution < -0.4 is 5.32 Å². The van der Waals surface area contributed by atoms with Crippen molar-refractivity contribution in [2.75, 3.05) is 26.2 Å². The molecular formula is C18H27N3. The predicted octanol–water partition coefficient (Wildman–Crippen LogP) is 3.47. The van der Waals surface area contributed by atoms with E-state index < -0.39 is 0 Å². The van der Waals surface area contributed by atoms with Crippen LogP contribution in [0.1, 0.15) is 37.6 Å². The molecule has 0 spiro atoms. The second kappa shape index (κ2) is 6.20. The van der Waals surface area contributed by atoms with E-state index in [9.17, 15) is 0 Å². The van der Waals surface area contributed by atoms with Crippen molar-refractivity contribution in [2.45, 2.75) is 33.2 Å². The summed E-state index contributed by atoms with van der Waals surface area (Å²) in [6.45, 7) is 11.4. The third-order valence-corrected chi connectivity index (χ3v) is 4.97. The number of hydrogen-bond donors (Lipinski definition) is 2. The first-order chi connectivity index (χ1) is 10.2. The Morgan fingerprint density at radius 2 is 1.90 bits per heavy atom. The summed E-state index contributed by atoms with van der Waals surface area (Å²) in [6, 6.07) is 9.26. The topological polar surface area (TPSA) is 31.1 Å². The van der Waals surface area contributed by atoms with E-state index in [1.807, 2.05) is 0 Å². The normalized spacial score (nSPS) is 19.8. The molecule has 2 aromatic rings. The van der Waals surface area contributed by atoms with Crippen molar-refractivity contribution in [3.05, 3.63) is 35.5 Å². The van der Waals surface area contributed by atoms with Gasteiger partial charge in [-0.3, -0.25) is 4.90 Å². The van der Waals surface area contributed by atoms with Crippen molar-refractivity contribution < 1.29 is 0 Å². The van der Waals surface area contributed by atoms with E-state index in [0.29, 0.717) is 12.0 Å². The molecule has 1 aliphatic rings. The van der Waals surface area contributed by atoms with Crippen molar-refractivity contribution in [1.82, 2.24) is 15.2 Å². The number of piperazine rings is 1. The minimum atomic E-state index is 0.522. The molecule has 1 saturated heterocycles. The van der Waals surface area contributed by atoms with Gasteiger partial charge >= 0.3 is 0 Å². The van der Waals surface area contributed by atoms with Gasteiger partial charge in [-0.2, -0.15) is 0 Å². The fourth-order valence-corrected chi connectivity index (χ4v) is 3.69. The van der Waals surface area contributed by atoms with Crippen molar-refractivity contribution >= 4 is 10.9 Å². The first-order valence-electron chi connectivity index (χ1n) is 8.24. The van der Waals surface area contributed by atoms with Crippen LogP contribution >= 0.6 is 0 Å². The number of fused-ring (bicyclic) bond motifs is 1. The number of rotatable bonds is 4.